The number of ketones is 1. The zero-order valence-corrected chi connectivity index (χ0v) is 21.0. The second-order valence-electron chi connectivity index (χ2n) is 8.64. The van der Waals surface area contributed by atoms with Crippen LogP contribution in [0, 0.1) is 0 Å². The van der Waals surface area contributed by atoms with E-state index in [0.29, 0.717) is 33.8 Å². The average molecular weight is 512 g/mol. The fraction of sp³-hybridized carbons (Fsp3) is 0.133. The molecule has 1 unspecified atom stereocenters. The summed E-state index contributed by atoms with van der Waals surface area (Å²) in [5.74, 6) is -1.39. The number of rotatable bonds is 6. The first-order valence-electron chi connectivity index (χ1n) is 11.8. The van der Waals surface area contributed by atoms with Crippen molar-refractivity contribution in [1.29, 1.82) is 0 Å². The third kappa shape index (κ3) is 3.87. The number of aliphatic hydroxyl groups is 1. The lowest BCUT2D eigenvalue weighted by atomic mass is 9.92. The Morgan fingerprint density at radius 1 is 0.816 bits per heavy atom. The van der Waals surface area contributed by atoms with Crippen molar-refractivity contribution in [3.8, 4) is 23.0 Å². The van der Waals surface area contributed by atoms with E-state index < -0.39 is 17.7 Å². The summed E-state index contributed by atoms with van der Waals surface area (Å²) >= 11 is 0. The van der Waals surface area contributed by atoms with Gasteiger partial charge in [-0.1, -0.05) is 54.6 Å². The minimum atomic E-state index is -1.11. The van der Waals surface area contributed by atoms with E-state index in [9.17, 15) is 19.8 Å². The van der Waals surface area contributed by atoms with Crippen molar-refractivity contribution in [2.24, 2.45) is 0 Å². The molecule has 1 atom stereocenters. The van der Waals surface area contributed by atoms with E-state index in [-0.39, 0.29) is 22.8 Å². The minimum absolute atomic E-state index is 0.116. The van der Waals surface area contributed by atoms with Crippen LogP contribution in [0.15, 0.2) is 84.4 Å². The van der Waals surface area contributed by atoms with Crippen molar-refractivity contribution >= 4 is 33.9 Å². The summed E-state index contributed by atoms with van der Waals surface area (Å²) in [7, 11) is 4.38. The Labute approximate surface area is 218 Å². The molecule has 4 aromatic carbocycles. The third-order valence-corrected chi connectivity index (χ3v) is 6.63. The first kappa shape index (κ1) is 24.7. The number of anilines is 1. The van der Waals surface area contributed by atoms with Gasteiger partial charge < -0.3 is 24.4 Å². The van der Waals surface area contributed by atoms with E-state index in [4.69, 9.17) is 14.2 Å². The van der Waals surface area contributed by atoms with Crippen LogP contribution in [0.5, 0.6) is 23.0 Å². The number of phenols is 1. The fourth-order valence-electron chi connectivity index (χ4n) is 4.90. The van der Waals surface area contributed by atoms with Gasteiger partial charge in [0.05, 0.1) is 38.6 Å². The number of phenolic OH excluding ortho intramolecular Hbond substituents is 1. The molecule has 0 radical (unpaired) electrons. The normalized spacial score (nSPS) is 16.6. The summed E-state index contributed by atoms with van der Waals surface area (Å²) in [6.45, 7) is 0. The van der Waals surface area contributed by atoms with Gasteiger partial charge in [-0.2, -0.15) is 0 Å². The third-order valence-electron chi connectivity index (χ3n) is 6.63. The molecule has 1 saturated heterocycles. The van der Waals surface area contributed by atoms with Gasteiger partial charge in [0.1, 0.15) is 11.5 Å². The second kappa shape index (κ2) is 9.82. The molecule has 1 heterocycles. The molecule has 8 nitrogen and oxygen atoms in total. The topological polar surface area (TPSA) is 106 Å². The predicted molar refractivity (Wildman–Crippen MR) is 143 cm³/mol. The van der Waals surface area contributed by atoms with Gasteiger partial charge in [-0.3, -0.25) is 14.5 Å². The Kier molecular flexibility index (Phi) is 6.38. The molecule has 4 aromatic rings. The highest BCUT2D eigenvalue weighted by Crippen LogP contribution is 2.48. The minimum Gasteiger partial charge on any atom is -0.507 e. The largest absolute Gasteiger partial charge is 0.507 e. The number of hydrogen-bond acceptors (Lipinski definition) is 7. The summed E-state index contributed by atoms with van der Waals surface area (Å²) in [5.41, 5.74) is 0.786. The van der Waals surface area contributed by atoms with E-state index in [1.54, 1.807) is 36.4 Å². The number of methoxy groups -OCH3 is 3. The lowest BCUT2D eigenvalue weighted by molar-refractivity contribution is -0.132. The van der Waals surface area contributed by atoms with Crippen LogP contribution in [-0.4, -0.2) is 43.2 Å². The summed E-state index contributed by atoms with van der Waals surface area (Å²) in [6.07, 6.45) is 0. The number of aliphatic hydroxyl groups excluding tert-OH is 1. The standard InChI is InChI=1S/C30H25NO7/c1-36-23-15-18(16-24(37-2)29(23)38-3)26-25(27(33)20-12-8-10-17-9-4-5-11-19(17)20)28(34)30(35)31(26)21-13-6-7-14-22(21)32/h4-16,26,32-33H,1-3H3/b27-25+. The van der Waals surface area contributed by atoms with Crippen LogP contribution in [0.1, 0.15) is 17.2 Å². The van der Waals surface area contributed by atoms with Gasteiger partial charge in [-0.25, -0.2) is 0 Å². The Hall–Kier alpha value is -4.98. The lowest BCUT2D eigenvalue weighted by Gasteiger charge is -2.27. The number of para-hydroxylation sites is 2. The first-order chi connectivity index (χ1) is 18.4. The maximum Gasteiger partial charge on any atom is 0.300 e. The summed E-state index contributed by atoms with van der Waals surface area (Å²) in [5, 5.41) is 23.9. The molecule has 192 valence electrons. The smallest absolute Gasteiger partial charge is 0.300 e. The van der Waals surface area contributed by atoms with Crippen molar-refractivity contribution in [3.05, 3.63) is 95.6 Å². The number of aromatic hydroxyl groups is 1. The molecule has 2 N–H and O–H groups in total. The van der Waals surface area contributed by atoms with Gasteiger partial charge >= 0.3 is 0 Å². The van der Waals surface area contributed by atoms with Gasteiger partial charge in [0.2, 0.25) is 5.75 Å². The highest BCUT2D eigenvalue weighted by atomic mass is 16.5. The van der Waals surface area contributed by atoms with E-state index in [0.717, 1.165) is 5.39 Å². The molecule has 1 fully saturated rings. The molecule has 1 amide bonds. The van der Waals surface area contributed by atoms with Crippen molar-refractivity contribution in [2.45, 2.75) is 6.04 Å². The van der Waals surface area contributed by atoms with E-state index >= 15 is 0 Å². The Balaban J connectivity index is 1.84. The molecular weight excluding hydrogens is 486 g/mol. The lowest BCUT2D eigenvalue weighted by Crippen LogP contribution is -2.29. The van der Waals surface area contributed by atoms with Gasteiger partial charge in [-0.05, 0) is 40.6 Å². The first-order valence-corrected chi connectivity index (χ1v) is 11.8. The molecule has 0 spiro atoms. The van der Waals surface area contributed by atoms with Crippen LogP contribution in [0.2, 0.25) is 0 Å². The Morgan fingerprint density at radius 2 is 1.45 bits per heavy atom. The number of hydrogen-bond donors (Lipinski definition) is 2. The van der Waals surface area contributed by atoms with Crippen molar-refractivity contribution in [1.82, 2.24) is 0 Å². The van der Waals surface area contributed by atoms with Crippen molar-refractivity contribution in [2.75, 3.05) is 26.2 Å². The molecule has 0 aromatic heterocycles. The predicted octanol–water partition coefficient (Wildman–Crippen LogP) is 5.20. The van der Waals surface area contributed by atoms with Crippen LogP contribution in [0.25, 0.3) is 16.5 Å². The van der Waals surface area contributed by atoms with Crippen molar-refractivity contribution in [3.63, 3.8) is 0 Å². The maximum absolute atomic E-state index is 13.6. The molecule has 1 aliphatic heterocycles. The van der Waals surface area contributed by atoms with Gasteiger partial charge in [-0.15, -0.1) is 0 Å². The maximum atomic E-state index is 13.6. The molecule has 5 rings (SSSR count). The van der Waals surface area contributed by atoms with Crippen LogP contribution in [0.3, 0.4) is 0 Å². The van der Waals surface area contributed by atoms with Gasteiger partial charge in [0.25, 0.3) is 11.7 Å². The molecule has 0 aliphatic carbocycles. The summed E-state index contributed by atoms with van der Waals surface area (Å²) in [6, 6.07) is 21.1. The molecule has 1 aliphatic rings. The average Bonchev–Trinajstić information content (AvgIpc) is 3.21. The highest BCUT2D eigenvalue weighted by Gasteiger charge is 2.48. The number of amides is 1. The van der Waals surface area contributed by atoms with Crippen LogP contribution < -0.4 is 19.1 Å². The van der Waals surface area contributed by atoms with Gasteiger partial charge in [0.15, 0.2) is 11.5 Å². The number of nitrogens with zero attached hydrogens (tertiary/aromatic N) is 1. The molecule has 38 heavy (non-hydrogen) atoms. The zero-order valence-electron chi connectivity index (χ0n) is 21.0. The Morgan fingerprint density at radius 3 is 2.11 bits per heavy atom. The fourth-order valence-corrected chi connectivity index (χ4v) is 4.90. The number of fused-ring (bicyclic) bond motifs is 1. The van der Waals surface area contributed by atoms with Gasteiger partial charge in [0, 0.05) is 5.56 Å². The molecule has 0 bridgehead atoms. The Bertz CT molecular complexity index is 1580. The molecule has 8 heteroatoms. The zero-order chi connectivity index (χ0) is 27.0. The SMILES string of the molecule is COc1cc(C2/C(=C(\O)c3cccc4ccccc34)C(=O)C(=O)N2c2ccccc2O)cc(OC)c1OC. The number of Topliss-reactive ketones (excluding diaryl/α,β-unsaturated/α-hetero) is 1. The molecule has 0 saturated carbocycles. The number of benzene rings is 4. The summed E-state index contributed by atoms with van der Waals surface area (Å²) in [4.78, 5) is 28.3. The number of ether oxygens (including phenoxy) is 3. The van der Waals surface area contributed by atoms with Crippen LogP contribution in [0.4, 0.5) is 5.69 Å². The van der Waals surface area contributed by atoms with Crippen LogP contribution >= 0.6 is 0 Å². The summed E-state index contributed by atoms with van der Waals surface area (Å²) < 4.78 is 16.5. The van der Waals surface area contributed by atoms with E-state index in [1.807, 2.05) is 30.3 Å². The quantitative estimate of drug-likeness (QED) is 0.208. The number of carbonyl (C=O) groups excluding carboxylic acids is 2. The van der Waals surface area contributed by atoms with Crippen molar-refractivity contribution < 1.29 is 34.0 Å². The molecular formula is C30H25NO7. The van der Waals surface area contributed by atoms with E-state index in [2.05, 4.69) is 0 Å². The van der Waals surface area contributed by atoms with E-state index in [1.165, 1.54) is 38.4 Å². The van der Waals surface area contributed by atoms with Crippen LogP contribution in [-0.2, 0) is 9.59 Å². The monoisotopic (exact) mass is 511 g/mol. The highest BCUT2D eigenvalue weighted by molar-refractivity contribution is 6.52. The second-order valence-corrected chi connectivity index (χ2v) is 8.64. The number of carbonyl (C=O) groups is 2.